The third-order valence-electron chi connectivity index (χ3n) is 8.14. The third kappa shape index (κ3) is 16.3. The standard InChI is InChI=1S/C39H54Cl2N4O4S/c1-4-5-6-7-8-9-10-11-12-13-14-15-16-17-18-19-24-48-38(46)44-39(47)49-29-35-43-36(30(2)3)37(45(35)28-31-20-22-42-23-21-31)50-34-26-32(40)25-33(41)27-34/h11-12,20-23,25-27,30H,4-10,13-19,24,28-29H2,1-3H3,(H,44,46,47)/b12-11-. The molecule has 0 unspecified atom stereocenters. The van der Waals surface area contributed by atoms with Gasteiger partial charge in [0.15, 0.2) is 6.61 Å². The number of rotatable bonds is 23. The maximum atomic E-state index is 12.6. The minimum Gasteiger partial charge on any atom is -0.449 e. The van der Waals surface area contributed by atoms with E-state index >= 15 is 0 Å². The molecular formula is C39H54Cl2N4O4S. The molecule has 3 rings (SSSR count). The lowest BCUT2D eigenvalue weighted by molar-refractivity contribution is 0.117. The van der Waals surface area contributed by atoms with E-state index in [0.29, 0.717) is 22.4 Å². The quantitative estimate of drug-likeness (QED) is 0.0762. The van der Waals surface area contributed by atoms with E-state index in [2.05, 4.69) is 43.2 Å². The zero-order chi connectivity index (χ0) is 36.0. The summed E-state index contributed by atoms with van der Waals surface area (Å²) < 4.78 is 12.7. The predicted octanol–water partition coefficient (Wildman–Crippen LogP) is 12.3. The Morgan fingerprint density at radius 1 is 0.840 bits per heavy atom. The number of imide groups is 1. The van der Waals surface area contributed by atoms with E-state index in [9.17, 15) is 9.59 Å². The highest BCUT2D eigenvalue weighted by Crippen LogP contribution is 2.37. The van der Waals surface area contributed by atoms with Crippen LogP contribution in [0, 0.1) is 0 Å². The van der Waals surface area contributed by atoms with Crippen LogP contribution in [0.4, 0.5) is 9.59 Å². The molecule has 0 atom stereocenters. The number of nitrogens with one attached hydrogen (secondary N) is 1. The van der Waals surface area contributed by atoms with Crippen molar-refractivity contribution in [3.63, 3.8) is 0 Å². The van der Waals surface area contributed by atoms with Gasteiger partial charge in [0.1, 0.15) is 10.9 Å². The number of aromatic nitrogens is 3. The van der Waals surface area contributed by atoms with Crippen LogP contribution < -0.4 is 5.32 Å². The second-order valence-corrected chi connectivity index (χ2v) is 14.7. The maximum absolute atomic E-state index is 12.6. The molecule has 0 saturated carbocycles. The van der Waals surface area contributed by atoms with E-state index in [1.807, 2.05) is 28.8 Å². The zero-order valence-electron chi connectivity index (χ0n) is 29.9. The van der Waals surface area contributed by atoms with E-state index in [4.69, 9.17) is 37.7 Å². The maximum Gasteiger partial charge on any atom is 0.417 e. The lowest BCUT2D eigenvalue weighted by atomic mass is 10.1. The molecule has 0 radical (unpaired) electrons. The Kier molecular flexibility index (Phi) is 20.1. The first kappa shape index (κ1) is 41.4. The monoisotopic (exact) mass is 744 g/mol. The summed E-state index contributed by atoms with van der Waals surface area (Å²) in [6.45, 7) is 6.94. The average molecular weight is 746 g/mol. The number of ether oxygens (including phenoxy) is 2. The van der Waals surface area contributed by atoms with Gasteiger partial charge in [-0.15, -0.1) is 0 Å². The summed E-state index contributed by atoms with van der Waals surface area (Å²) in [6, 6.07) is 9.22. The molecule has 0 bridgehead atoms. The van der Waals surface area contributed by atoms with Gasteiger partial charge in [-0.3, -0.25) is 4.98 Å². The highest BCUT2D eigenvalue weighted by molar-refractivity contribution is 7.99. The number of carbonyl (C=O) groups excluding carboxylic acids is 2. The number of hydrogen-bond acceptors (Lipinski definition) is 7. The van der Waals surface area contributed by atoms with Gasteiger partial charge in [-0.1, -0.05) is 126 Å². The number of halogens is 2. The number of hydrogen-bond donors (Lipinski definition) is 1. The summed E-state index contributed by atoms with van der Waals surface area (Å²) >= 11 is 14.1. The fourth-order valence-corrected chi connectivity index (χ4v) is 7.35. The topological polar surface area (TPSA) is 95.3 Å². The van der Waals surface area contributed by atoms with Gasteiger partial charge in [-0.25, -0.2) is 19.9 Å². The zero-order valence-corrected chi connectivity index (χ0v) is 32.3. The molecule has 2 amide bonds. The lowest BCUT2D eigenvalue weighted by Gasteiger charge is -2.14. The van der Waals surface area contributed by atoms with Crippen LogP contribution in [0.25, 0.3) is 0 Å². The van der Waals surface area contributed by atoms with Crippen LogP contribution in [0.2, 0.25) is 10.0 Å². The largest absolute Gasteiger partial charge is 0.449 e. The SMILES string of the molecule is CCCCCCCC/C=C\CCCCCCCCOC(=O)NC(=O)OCc1nc(C(C)C)c(Sc2cc(Cl)cc(Cl)c2)n1Cc1ccncc1. The third-order valence-corrected chi connectivity index (χ3v) is 9.67. The number of amides is 2. The Hall–Kier alpha value is -3.01. The van der Waals surface area contributed by atoms with Crippen molar-refractivity contribution in [1.29, 1.82) is 0 Å². The Labute approximate surface area is 313 Å². The Bertz CT molecular complexity index is 1450. The van der Waals surface area contributed by atoms with Crippen LogP contribution in [0.1, 0.15) is 134 Å². The van der Waals surface area contributed by atoms with Crippen molar-refractivity contribution in [2.75, 3.05) is 6.61 Å². The number of imidazole rings is 1. The number of allylic oxidation sites excluding steroid dienone is 2. The molecule has 0 aliphatic carbocycles. The van der Waals surface area contributed by atoms with Crippen LogP contribution in [0.3, 0.4) is 0 Å². The van der Waals surface area contributed by atoms with Crippen molar-refractivity contribution in [1.82, 2.24) is 19.9 Å². The summed E-state index contributed by atoms with van der Waals surface area (Å²) in [6.07, 6.45) is 23.3. The fraction of sp³-hybridized carbons (Fsp3) is 0.538. The highest BCUT2D eigenvalue weighted by Gasteiger charge is 2.22. The molecule has 0 aliphatic rings. The molecule has 0 saturated heterocycles. The van der Waals surface area contributed by atoms with Gasteiger partial charge in [0, 0.05) is 27.3 Å². The van der Waals surface area contributed by atoms with E-state index in [1.165, 1.54) is 76.0 Å². The van der Waals surface area contributed by atoms with Gasteiger partial charge < -0.3 is 14.0 Å². The summed E-state index contributed by atoms with van der Waals surface area (Å²) in [5, 5.41) is 4.11. The molecule has 8 nitrogen and oxygen atoms in total. The van der Waals surface area contributed by atoms with Crippen molar-refractivity contribution in [3.05, 3.63) is 82.0 Å². The summed E-state index contributed by atoms with van der Waals surface area (Å²) in [5.41, 5.74) is 1.84. The van der Waals surface area contributed by atoms with Gasteiger partial charge in [0.05, 0.1) is 18.8 Å². The van der Waals surface area contributed by atoms with Crippen LogP contribution in [0.5, 0.6) is 0 Å². The van der Waals surface area contributed by atoms with Crippen molar-refractivity contribution >= 4 is 47.2 Å². The van der Waals surface area contributed by atoms with E-state index in [0.717, 1.165) is 46.9 Å². The molecule has 1 N–H and O–H groups in total. The lowest BCUT2D eigenvalue weighted by Crippen LogP contribution is -2.32. The molecule has 11 heteroatoms. The van der Waals surface area contributed by atoms with Gasteiger partial charge in [-0.2, -0.15) is 0 Å². The average Bonchev–Trinajstić information content (AvgIpc) is 3.41. The molecule has 2 heterocycles. The number of carbonyl (C=O) groups is 2. The summed E-state index contributed by atoms with van der Waals surface area (Å²) in [7, 11) is 0. The molecule has 50 heavy (non-hydrogen) atoms. The Morgan fingerprint density at radius 2 is 1.42 bits per heavy atom. The van der Waals surface area contributed by atoms with Crippen LogP contribution in [-0.4, -0.2) is 33.3 Å². The molecule has 2 aromatic heterocycles. The van der Waals surface area contributed by atoms with Gasteiger partial charge in [0.25, 0.3) is 0 Å². The first-order valence-corrected chi connectivity index (χ1v) is 19.7. The van der Waals surface area contributed by atoms with E-state index in [1.54, 1.807) is 18.5 Å². The molecular weight excluding hydrogens is 691 g/mol. The van der Waals surface area contributed by atoms with Crippen molar-refractivity contribution < 1.29 is 19.1 Å². The fourth-order valence-electron chi connectivity index (χ4n) is 5.43. The van der Waals surface area contributed by atoms with Crippen molar-refractivity contribution in [2.24, 2.45) is 0 Å². The summed E-state index contributed by atoms with van der Waals surface area (Å²) in [4.78, 5) is 34.6. The van der Waals surface area contributed by atoms with E-state index < -0.39 is 12.2 Å². The summed E-state index contributed by atoms with van der Waals surface area (Å²) in [5.74, 6) is 0.615. The molecule has 274 valence electrons. The van der Waals surface area contributed by atoms with Gasteiger partial charge in [0.2, 0.25) is 0 Å². The first-order valence-electron chi connectivity index (χ1n) is 18.1. The minimum atomic E-state index is -0.892. The van der Waals surface area contributed by atoms with E-state index in [-0.39, 0.29) is 19.1 Å². The number of benzene rings is 1. The highest BCUT2D eigenvalue weighted by atomic mass is 35.5. The second-order valence-electron chi connectivity index (χ2n) is 12.8. The molecule has 0 aliphatic heterocycles. The number of unbranched alkanes of at least 4 members (excludes halogenated alkanes) is 12. The molecule has 0 fully saturated rings. The predicted molar refractivity (Wildman–Crippen MR) is 204 cm³/mol. The van der Waals surface area contributed by atoms with Crippen molar-refractivity contribution in [3.8, 4) is 0 Å². The Balaban J connectivity index is 1.39. The molecule has 0 spiro atoms. The van der Waals surface area contributed by atoms with Gasteiger partial charge in [-0.05, 0) is 73.9 Å². The minimum absolute atomic E-state index is 0.0788. The van der Waals surface area contributed by atoms with Crippen LogP contribution >= 0.6 is 35.0 Å². The number of nitrogens with zero attached hydrogens (tertiary/aromatic N) is 3. The van der Waals surface area contributed by atoms with Crippen LogP contribution in [0.15, 0.2) is 64.8 Å². The smallest absolute Gasteiger partial charge is 0.417 e. The second kappa shape index (κ2) is 24.2. The molecule has 3 aromatic rings. The number of pyridine rings is 1. The van der Waals surface area contributed by atoms with Crippen molar-refractivity contribution in [2.45, 2.75) is 140 Å². The van der Waals surface area contributed by atoms with Crippen LogP contribution in [-0.2, 0) is 22.6 Å². The molecule has 1 aromatic carbocycles. The van der Waals surface area contributed by atoms with Gasteiger partial charge >= 0.3 is 12.2 Å². The normalized spacial score (nSPS) is 11.4. The first-order chi connectivity index (χ1) is 24.3. The number of alkyl carbamates (subject to hydrolysis) is 2. The Morgan fingerprint density at radius 3 is 2.04 bits per heavy atom.